The molecule has 0 saturated carbocycles. The number of hydrogen-bond acceptors (Lipinski definition) is 8. The number of ether oxygens (including phenoxy) is 1. The summed E-state index contributed by atoms with van der Waals surface area (Å²) in [7, 11) is 1.57. The van der Waals surface area contributed by atoms with Gasteiger partial charge in [0.15, 0.2) is 0 Å². The molecule has 4 heterocycles. The Balaban J connectivity index is 1.19. The van der Waals surface area contributed by atoms with Crippen LogP contribution in [0.15, 0.2) is 79.4 Å². The molecule has 6 rings (SSSR count). The van der Waals surface area contributed by atoms with Crippen LogP contribution in [-0.4, -0.2) is 86.6 Å². The van der Waals surface area contributed by atoms with Gasteiger partial charge in [0, 0.05) is 30.9 Å². The Labute approximate surface area is 250 Å². The Hall–Kier alpha value is -4.64. The van der Waals surface area contributed by atoms with E-state index in [0.717, 1.165) is 38.0 Å². The monoisotopic (exact) mass is 580 g/mol. The van der Waals surface area contributed by atoms with Crippen molar-refractivity contribution < 1.29 is 14.3 Å². The van der Waals surface area contributed by atoms with Gasteiger partial charge in [-0.25, -0.2) is 4.68 Å². The molecule has 1 unspecified atom stereocenters. The second-order valence-electron chi connectivity index (χ2n) is 11.5. The Morgan fingerprint density at radius 2 is 1.77 bits per heavy atom. The second-order valence-corrected chi connectivity index (χ2v) is 11.5. The lowest BCUT2D eigenvalue weighted by Gasteiger charge is -2.41. The van der Waals surface area contributed by atoms with Crippen molar-refractivity contribution >= 4 is 11.8 Å². The van der Waals surface area contributed by atoms with Crippen molar-refractivity contribution in [2.24, 2.45) is 5.73 Å². The summed E-state index contributed by atoms with van der Waals surface area (Å²) in [6.07, 6.45) is 8.04. The van der Waals surface area contributed by atoms with E-state index in [4.69, 9.17) is 10.5 Å². The molecule has 0 radical (unpaired) electrons. The lowest BCUT2D eigenvalue weighted by Crippen LogP contribution is -2.50. The highest BCUT2D eigenvalue weighted by Crippen LogP contribution is 2.40. The van der Waals surface area contributed by atoms with Crippen LogP contribution in [0.1, 0.15) is 47.2 Å². The van der Waals surface area contributed by atoms with Crippen LogP contribution in [0.25, 0.3) is 5.69 Å². The van der Waals surface area contributed by atoms with Gasteiger partial charge in [-0.1, -0.05) is 36.4 Å². The molecule has 2 aliphatic heterocycles. The Kier molecular flexibility index (Phi) is 7.90. The van der Waals surface area contributed by atoms with Crippen molar-refractivity contribution in [2.45, 2.75) is 36.5 Å². The number of nitrogens with zero attached hydrogens (tertiary/aromatic N) is 7. The number of methoxy groups -OCH3 is 1. The van der Waals surface area contributed by atoms with Crippen molar-refractivity contribution in [2.75, 3.05) is 39.8 Å². The van der Waals surface area contributed by atoms with E-state index >= 15 is 0 Å². The predicted octanol–water partition coefficient (Wildman–Crippen LogP) is 2.76. The van der Waals surface area contributed by atoms with Crippen molar-refractivity contribution in [3.05, 3.63) is 96.1 Å². The van der Waals surface area contributed by atoms with E-state index in [1.54, 1.807) is 31.6 Å². The topological polar surface area (TPSA) is 132 Å². The normalized spacial score (nSPS) is 20.2. The van der Waals surface area contributed by atoms with Crippen LogP contribution < -0.4 is 10.5 Å². The fourth-order valence-corrected chi connectivity index (χ4v) is 6.73. The smallest absolute Gasteiger partial charge is 0.257 e. The van der Waals surface area contributed by atoms with Crippen LogP contribution >= 0.6 is 0 Å². The van der Waals surface area contributed by atoms with Gasteiger partial charge in [-0.15, -0.1) is 5.10 Å². The molecule has 0 aliphatic carbocycles. The van der Waals surface area contributed by atoms with Crippen LogP contribution in [0.4, 0.5) is 0 Å². The summed E-state index contributed by atoms with van der Waals surface area (Å²) in [5, 5.41) is 11.4. The molecule has 0 bridgehead atoms. The van der Waals surface area contributed by atoms with Gasteiger partial charge in [0.1, 0.15) is 12.1 Å². The van der Waals surface area contributed by atoms with E-state index in [-0.39, 0.29) is 17.2 Å². The minimum atomic E-state index is -0.686. The van der Waals surface area contributed by atoms with Crippen LogP contribution in [0.3, 0.4) is 0 Å². The maximum absolute atomic E-state index is 14.0. The molecule has 2 aromatic carbocycles. The predicted molar refractivity (Wildman–Crippen MR) is 160 cm³/mol. The molecule has 2 amide bonds. The summed E-state index contributed by atoms with van der Waals surface area (Å²) in [5.74, 6) is 0.148. The number of rotatable bonds is 9. The lowest BCUT2D eigenvalue weighted by atomic mass is 9.72. The number of hydrogen-bond donors (Lipinski definition) is 1. The number of piperidine rings is 1. The van der Waals surface area contributed by atoms with E-state index in [2.05, 4.69) is 49.7 Å². The molecule has 43 heavy (non-hydrogen) atoms. The quantitative estimate of drug-likeness (QED) is 0.320. The van der Waals surface area contributed by atoms with Crippen molar-refractivity contribution in [3.8, 4) is 11.4 Å². The van der Waals surface area contributed by atoms with Gasteiger partial charge >= 0.3 is 0 Å². The summed E-state index contributed by atoms with van der Waals surface area (Å²) in [6, 6.07) is 19.7. The van der Waals surface area contributed by atoms with Crippen LogP contribution in [0.2, 0.25) is 0 Å². The van der Waals surface area contributed by atoms with E-state index in [0.29, 0.717) is 42.9 Å². The molecule has 4 aromatic rings. The first-order valence-electron chi connectivity index (χ1n) is 14.6. The van der Waals surface area contributed by atoms with Gasteiger partial charge in [-0.05, 0) is 91.1 Å². The Morgan fingerprint density at radius 3 is 2.44 bits per heavy atom. The van der Waals surface area contributed by atoms with Crippen molar-refractivity contribution in [1.82, 2.24) is 35.0 Å². The largest absolute Gasteiger partial charge is 0.496 e. The molecule has 2 aromatic heterocycles. The SMILES string of the molecule is COc1ccc(-n2cnnn2)cc1C(=O)N1CCC(CCN2CCC(C(N)=O)(c3cccnc3)CC2)(c2ccccc2)C1. The minimum absolute atomic E-state index is 0.0785. The number of nitrogens with two attached hydrogens (primary N) is 1. The average Bonchev–Trinajstić information content (AvgIpc) is 3.76. The number of benzene rings is 2. The first-order valence-corrected chi connectivity index (χ1v) is 14.6. The zero-order valence-corrected chi connectivity index (χ0v) is 24.3. The van der Waals surface area contributed by atoms with E-state index in [1.165, 1.54) is 16.6 Å². The van der Waals surface area contributed by atoms with Gasteiger partial charge in [0.2, 0.25) is 5.91 Å². The maximum Gasteiger partial charge on any atom is 0.257 e. The molecule has 2 aliphatic rings. The second kappa shape index (κ2) is 11.9. The number of pyridine rings is 1. The number of carbonyl (C=O) groups excluding carboxylic acids is 2. The summed E-state index contributed by atoms with van der Waals surface area (Å²) in [5.41, 5.74) is 8.37. The standard InChI is InChI=1S/C32H36N8O3/c1-43-28-10-9-26(40-23-35-36-37-40)20-27(28)29(41)39-19-12-31(22-39,24-6-3-2-4-7-24)11-16-38-17-13-32(14-18-38,30(33)42)25-8-5-15-34-21-25/h2-10,15,20-21,23H,11-14,16-19,22H2,1H3,(H2,33,42). The van der Waals surface area contributed by atoms with Crippen molar-refractivity contribution in [1.29, 1.82) is 0 Å². The molecule has 11 nitrogen and oxygen atoms in total. The summed E-state index contributed by atoms with van der Waals surface area (Å²) in [6.45, 7) is 3.64. The maximum atomic E-state index is 14.0. The third-order valence-corrected chi connectivity index (χ3v) is 9.36. The average molecular weight is 581 g/mol. The number of carbonyl (C=O) groups is 2. The number of amides is 2. The Bertz CT molecular complexity index is 1560. The van der Waals surface area contributed by atoms with Gasteiger partial charge < -0.3 is 20.3 Å². The molecular formula is C32H36N8O3. The first-order chi connectivity index (χ1) is 20.9. The van der Waals surface area contributed by atoms with Gasteiger partial charge in [-0.3, -0.25) is 14.6 Å². The highest BCUT2D eigenvalue weighted by molar-refractivity contribution is 5.98. The molecule has 2 N–H and O–H groups in total. The summed E-state index contributed by atoms with van der Waals surface area (Å²) < 4.78 is 7.10. The fraction of sp³-hybridized carbons (Fsp3) is 0.375. The summed E-state index contributed by atoms with van der Waals surface area (Å²) >= 11 is 0. The zero-order chi connectivity index (χ0) is 29.9. The molecule has 11 heteroatoms. The molecule has 2 saturated heterocycles. The van der Waals surface area contributed by atoms with E-state index in [9.17, 15) is 9.59 Å². The van der Waals surface area contributed by atoms with Crippen LogP contribution in [0, 0.1) is 0 Å². The summed E-state index contributed by atoms with van der Waals surface area (Å²) in [4.78, 5) is 35.2. The third-order valence-electron chi connectivity index (χ3n) is 9.36. The first kappa shape index (κ1) is 28.5. The highest BCUT2D eigenvalue weighted by Gasteiger charge is 2.44. The van der Waals surface area contributed by atoms with Gasteiger partial charge in [0.05, 0.1) is 23.8 Å². The number of likely N-dealkylation sites (tertiary alicyclic amines) is 2. The van der Waals surface area contributed by atoms with Crippen LogP contribution in [-0.2, 0) is 15.6 Å². The van der Waals surface area contributed by atoms with Crippen LogP contribution in [0.5, 0.6) is 5.75 Å². The molecular weight excluding hydrogens is 544 g/mol. The van der Waals surface area contributed by atoms with E-state index in [1.807, 2.05) is 29.2 Å². The van der Waals surface area contributed by atoms with Gasteiger partial charge in [0.25, 0.3) is 5.91 Å². The number of primary amides is 1. The number of aromatic nitrogens is 5. The van der Waals surface area contributed by atoms with Crippen molar-refractivity contribution in [3.63, 3.8) is 0 Å². The van der Waals surface area contributed by atoms with E-state index < -0.39 is 5.41 Å². The van der Waals surface area contributed by atoms with Gasteiger partial charge in [-0.2, -0.15) is 0 Å². The minimum Gasteiger partial charge on any atom is -0.496 e. The number of tetrazole rings is 1. The Morgan fingerprint density at radius 1 is 0.977 bits per heavy atom. The molecule has 1 atom stereocenters. The lowest BCUT2D eigenvalue weighted by molar-refractivity contribution is -0.125. The molecule has 0 spiro atoms. The zero-order valence-electron chi connectivity index (χ0n) is 24.3. The highest BCUT2D eigenvalue weighted by atomic mass is 16.5. The third kappa shape index (κ3) is 5.48. The molecule has 222 valence electrons. The molecule has 2 fully saturated rings. The fourth-order valence-electron chi connectivity index (χ4n) is 6.73.